The zero-order valence-electron chi connectivity index (χ0n) is 16.0. The summed E-state index contributed by atoms with van der Waals surface area (Å²) in [4.78, 5) is 6.85. The van der Waals surface area contributed by atoms with E-state index in [4.69, 9.17) is 9.47 Å². The number of hydrogen-bond acceptors (Lipinski definition) is 7. The van der Waals surface area contributed by atoms with Crippen molar-refractivity contribution in [1.82, 2.24) is 34.7 Å². The molecule has 1 aliphatic carbocycles. The molecule has 3 heterocycles. The van der Waals surface area contributed by atoms with Gasteiger partial charge in [0.2, 0.25) is 0 Å². The second kappa shape index (κ2) is 8.90. The lowest BCUT2D eigenvalue weighted by Gasteiger charge is -2.33. The Kier molecular flexibility index (Phi) is 6.10. The van der Waals surface area contributed by atoms with Crippen molar-refractivity contribution in [1.29, 1.82) is 0 Å². The third-order valence-corrected chi connectivity index (χ3v) is 5.61. The second-order valence-electron chi connectivity index (χ2n) is 7.43. The molecule has 2 aromatic rings. The molecule has 1 aliphatic heterocycles. The van der Waals surface area contributed by atoms with Crippen LogP contribution in [0.2, 0.25) is 0 Å². The molecule has 0 unspecified atom stereocenters. The van der Waals surface area contributed by atoms with E-state index >= 15 is 0 Å². The van der Waals surface area contributed by atoms with E-state index in [0.29, 0.717) is 25.8 Å². The second-order valence-corrected chi connectivity index (χ2v) is 7.43. The average Bonchev–Trinajstić information content (AvgIpc) is 3.36. The summed E-state index contributed by atoms with van der Waals surface area (Å²) >= 11 is 0. The highest BCUT2D eigenvalue weighted by molar-refractivity contribution is 5.02. The Bertz CT molecular complexity index is 710. The van der Waals surface area contributed by atoms with Crippen LogP contribution in [0.1, 0.15) is 55.8 Å². The monoisotopic (exact) mass is 375 g/mol. The van der Waals surface area contributed by atoms with Gasteiger partial charge >= 0.3 is 0 Å². The molecule has 2 fully saturated rings. The number of rotatable bonds is 7. The predicted molar refractivity (Wildman–Crippen MR) is 98.0 cm³/mol. The molecule has 0 spiro atoms. The summed E-state index contributed by atoms with van der Waals surface area (Å²) in [5.41, 5.74) is 1.29. The summed E-state index contributed by atoms with van der Waals surface area (Å²) < 4.78 is 15.3. The van der Waals surface area contributed by atoms with Crippen LogP contribution < -0.4 is 0 Å². The Morgan fingerprint density at radius 1 is 1.26 bits per heavy atom. The largest absolute Gasteiger partial charge is 0.383 e. The van der Waals surface area contributed by atoms with Crippen LogP contribution in [0.25, 0.3) is 0 Å². The fourth-order valence-electron chi connectivity index (χ4n) is 4.15. The van der Waals surface area contributed by atoms with Gasteiger partial charge in [0.25, 0.3) is 0 Å². The van der Waals surface area contributed by atoms with Gasteiger partial charge in [-0.2, -0.15) is 0 Å². The molecule has 0 aromatic carbocycles. The van der Waals surface area contributed by atoms with Crippen LogP contribution in [0.4, 0.5) is 0 Å². The van der Waals surface area contributed by atoms with E-state index in [1.54, 1.807) is 11.8 Å². The minimum Gasteiger partial charge on any atom is -0.383 e. The van der Waals surface area contributed by atoms with E-state index in [-0.39, 0.29) is 6.10 Å². The third-order valence-electron chi connectivity index (χ3n) is 5.61. The molecule has 1 atom stereocenters. The maximum Gasteiger partial charge on any atom is 0.181 e. The fourth-order valence-corrected chi connectivity index (χ4v) is 4.15. The van der Waals surface area contributed by atoms with Crippen molar-refractivity contribution in [3.63, 3.8) is 0 Å². The van der Waals surface area contributed by atoms with Crippen molar-refractivity contribution in [3.05, 3.63) is 24.0 Å². The van der Waals surface area contributed by atoms with Gasteiger partial charge in [0.15, 0.2) is 5.82 Å². The highest BCUT2D eigenvalue weighted by atomic mass is 16.5. The molecule has 27 heavy (non-hydrogen) atoms. The Labute approximate surface area is 159 Å². The van der Waals surface area contributed by atoms with E-state index < -0.39 is 0 Å². The normalized spacial score (nSPS) is 22.3. The lowest BCUT2D eigenvalue weighted by molar-refractivity contribution is -0.0404. The topological polar surface area (TPSA) is 83.1 Å². The molecule has 0 radical (unpaired) electrons. The minimum atomic E-state index is -0.114. The maximum atomic E-state index is 5.97. The Morgan fingerprint density at radius 2 is 2.15 bits per heavy atom. The van der Waals surface area contributed by atoms with Gasteiger partial charge in [0, 0.05) is 39.0 Å². The first-order chi connectivity index (χ1) is 13.3. The lowest BCUT2D eigenvalue weighted by atomic mass is 9.95. The van der Waals surface area contributed by atoms with Crippen LogP contribution in [0, 0.1) is 0 Å². The van der Waals surface area contributed by atoms with Gasteiger partial charge in [-0.05, 0) is 23.3 Å². The van der Waals surface area contributed by atoms with Gasteiger partial charge in [-0.15, -0.1) is 5.10 Å². The Hall–Kier alpha value is -1.84. The van der Waals surface area contributed by atoms with Gasteiger partial charge in [0.1, 0.15) is 6.10 Å². The van der Waals surface area contributed by atoms with E-state index in [0.717, 1.165) is 25.5 Å². The molecule has 148 valence electrons. The molecular formula is C18H29N7O2. The van der Waals surface area contributed by atoms with Crippen molar-refractivity contribution < 1.29 is 9.47 Å². The molecule has 0 amide bonds. The van der Waals surface area contributed by atoms with Crippen LogP contribution in [0.15, 0.2) is 12.5 Å². The zero-order valence-corrected chi connectivity index (χ0v) is 16.0. The molecule has 9 nitrogen and oxygen atoms in total. The summed E-state index contributed by atoms with van der Waals surface area (Å²) in [6.07, 6.45) is 10.5. The standard InChI is InChI=1S/C18H29N7O2/c1-26-9-8-25-18(20-21-22-25)17-13-23(7-10-27-17)12-16-11-19-14-24(16)15-5-3-2-4-6-15/h11,14-15,17H,2-10,12-13H2,1H3/t17-/m1/s1. The van der Waals surface area contributed by atoms with Crippen molar-refractivity contribution in [2.45, 2.75) is 57.3 Å². The van der Waals surface area contributed by atoms with Crippen molar-refractivity contribution >= 4 is 0 Å². The van der Waals surface area contributed by atoms with Crippen LogP contribution in [0.3, 0.4) is 0 Å². The van der Waals surface area contributed by atoms with E-state index in [1.165, 1.54) is 37.8 Å². The lowest BCUT2D eigenvalue weighted by Crippen LogP contribution is -2.39. The summed E-state index contributed by atoms with van der Waals surface area (Å²) in [5.74, 6) is 0.775. The molecule has 2 aliphatic rings. The first-order valence-electron chi connectivity index (χ1n) is 9.95. The van der Waals surface area contributed by atoms with Crippen molar-refractivity contribution in [2.24, 2.45) is 0 Å². The number of tetrazole rings is 1. The van der Waals surface area contributed by atoms with Crippen LogP contribution >= 0.6 is 0 Å². The van der Waals surface area contributed by atoms with E-state index in [1.807, 2.05) is 12.5 Å². The Balaban J connectivity index is 1.41. The highest BCUT2D eigenvalue weighted by Crippen LogP contribution is 2.30. The molecular weight excluding hydrogens is 346 g/mol. The number of nitrogens with zero attached hydrogens (tertiary/aromatic N) is 7. The number of methoxy groups -OCH3 is 1. The van der Waals surface area contributed by atoms with E-state index in [9.17, 15) is 0 Å². The first kappa shape index (κ1) is 18.5. The summed E-state index contributed by atoms with van der Waals surface area (Å²) in [6, 6.07) is 0.606. The van der Waals surface area contributed by atoms with Gasteiger partial charge in [-0.3, -0.25) is 4.90 Å². The third kappa shape index (κ3) is 4.36. The van der Waals surface area contributed by atoms with E-state index in [2.05, 4.69) is 30.0 Å². The van der Waals surface area contributed by atoms with Crippen molar-refractivity contribution in [2.75, 3.05) is 33.4 Å². The van der Waals surface area contributed by atoms with Gasteiger partial charge in [0.05, 0.1) is 31.8 Å². The number of hydrogen-bond donors (Lipinski definition) is 0. The minimum absolute atomic E-state index is 0.114. The molecule has 2 aromatic heterocycles. The van der Waals surface area contributed by atoms with Crippen LogP contribution in [-0.2, 0) is 22.6 Å². The highest BCUT2D eigenvalue weighted by Gasteiger charge is 2.28. The number of ether oxygens (including phenoxy) is 2. The SMILES string of the molecule is COCCn1nnnc1[C@H]1CN(Cc2cncn2C2CCCCC2)CCO1. The first-order valence-corrected chi connectivity index (χ1v) is 9.95. The number of aromatic nitrogens is 6. The predicted octanol–water partition coefficient (Wildman–Crippen LogP) is 1.59. The van der Waals surface area contributed by atoms with Crippen molar-refractivity contribution in [3.8, 4) is 0 Å². The number of imidazole rings is 1. The summed E-state index contributed by atoms with van der Waals surface area (Å²) in [6.45, 7) is 4.47. The van der Waals surface area contributed by atoms with Gasteiger partial charge in [-0.1, -0.05) is 19.3 Å². The van der Waals surface area contributed by atoms with Crippen LogP contribution in [0.5, 0.6) is 0 Å². The summed E-state index contributed by atoms with van der Waals surface area (Å²) in [7, 11) is 1.68. The summed E-state index contributed by atoms with van der Waals surface area (Å²) in [5, 5.41) is 12.1. The fraction of sp³-hybridized carbons (Fsp3) is 0.778. The zero-order chi connectivity index (χ0) is 18.5. The van der Waals surface area contributed by atoms with Gasteiger partial charge in [-0.25, -0.2) is 9.67 Å². The molecule has 9 heteroatoms. The molecule has 1 saturated carbocycles. The van der Waals surface area contributed by atoms with Crippen LogP contribution in [-0.4, -0.2) is 68.1 Å². The molecule has 0 bridgehead atoms. The Morgan fingerprint density at radius 3 is 3.00 bits per heavy atom. The molecule has 4 rings (SSSR count). The van der Waals surface area contributed by atoms with Gasteiger partial charge < -0.3 is 14.0 Å². The maximum absolute atomic E-state index is 5.97. The average molecular weight is 375 g/mol. The quantitative estimate of drug-likeness (QED) is 0.727. The molecule has 0 N–H and O–H groups in total. The molecule has 1 saturated heterocycles. The smallest absolute Gasteiger partial charge is 0.181 e. The number of morpholine rings is 1.